The first-order valence-corrected chi connectivity index (χ1v) is 14.4. The second-order valence-corrected chi connectivity index (χ2v) is 11.1. The Hall–Kier alpha value is -3.78. The number of fused-ring (bicyclic) bond motifs is 1. The lowest BCUT2D eigenvalue weighted by molar-refractivity contribution is -0.121. The summed E-state index contributed by atoms with van der Waals surface area (Å²) in [4.78, 5) is 32.8. The van der Waals surface area contributed by atoms with Crippen LogP contribution in [0.15, 0.2) is 76.4 Å². The molecule has 210 valence electrons. The summed E-state index contributed by atoms with van der Waals surface area (Å²) in [6, 6.07) is 15.8. The lowest BCUT2D eigenvalue weighted by Gasteiger charge is -2.41. The van der Waals surface area contributed by atoms with Crippen molar-refractivity contribution in [3.05, 3.63) is 94.6 Å². The Kier molecular flexibility index (Phi) is 9.06. The Bertz CT molecular complexity index is 1450. The predicted octanol–water partition coefficient (Wildman–Crippen LogP) is 4.81. The van der Waals surface area contributed by atoms with E-state index in [1.807, 2.05) is 42.5 Å². The molecule has 8 nitrogen and oxygen atoms in total. The fraction of sp³-hybridized carbons (Fsp3) is 0.438. The van der Waals surface area contributed by atoms with Gasteiger partial charge in [-0.1, -0.05) is 51.0 Å². The van der Waals surface area contributed by atoms with Crippen LogP contribution in [0.4, 0.5) is 0 Å². The highest BCUT2D eigenvalue weighted by Crippen LogP contribution is 2.33. The third kappa shape index (κ3) is 6.67. The van der Waals surface area contributed by atoms with Gasteiger partial charge in [-0.15, -0.1) is 0 Å². The third-order valence-corrected chi connectivity index (χ3v) is 8.35. The van der Waals surface area contributed by atoms with Crippen LogP contribution in [0.2, 0.25) is 0 Å². The topological polar surface area (TPSA) is 93.3 Å². The Morgan fingerprint density at radius 3 is 2.73 bits per heavy atom. The van der Waals surface area contributed by atoms with Gasteiger partial charge in [0, 0.05) is 43.3 Å². The summed E-state index contributed by atoms with van der Waals surface area (Å²) < 4.78 is 6.95. The molecular formula is C32H39N5O3. The second kappa shape index (κ2) is 13.0. The smallest absolute Gasteiger partial charge is 0.275 e. The van der Waals surface area contributed by atoms with E-state index in [1.165, 1.54) is 23.9 Å². The number of aromatic nitrogens is 3. The molecule has 8 heteroatoms. The van der Waals surface area contributed by atoms with Crippen molar-refractivity contribution in [2.45, 2.75) is 65.1 Å². The molecule has 3 heterocycles. The van der Waals surface area contributed by atoms with E-state index >= 15 is 0 Å². The van der Waals surface area contributed by atoms with Gasteiger partial charge in [0.2, 0.25) is 5.91 Å². The van der Waals surface area contributed by atoms with Crippen molar-refractivity contribution in [1.29, 1.82) is 0 Å². The Balaban J connectivity index is 1.22. The molecule has 0 bridgehead atoms. The van der Waals surface area contributed by atoms with Crippen LogP contribution < -0.4 is 10.9 Å². The zero-order chi connectivity index (χ0) is 27.9. The maximum absolute atomic E-state index is 13.2. The quantitative estimate of drug-likeness (QED) is 0.274. The van der Waals surface area contributed by atoms with Crippen molar-refractivity contribution in [3.8, 4) is 0 Å². The van der Waals surface area contributed by atoms with Gasteiger partial charge in [-0.25, -0.2) is 4.68 Å². The number of rotatable bonds is 11. The van der Waals surface area contributed by atoms with Crippen molar-refractivity contribution in [2.24, 2.45) is 11.8 Å². The molecule has 0 saturated heterocycles. The van der Waals surface area contributed by atoms with Gasteiger partial charge in [0.1, 0.15) is 12.3 Å². The molecule has 0 aliphatic heterocycles. The van der Waals surface area contributed by atoms with Crippen LogP contribution >= 0.6 is 0 Å². The number of hydrogen-bond acceptors (Lipinski definition) is 6. The normalized spacial score (nSPS) is 19.2. The largest absolute Gasteiger partial charge is 0.468 e. The maximum atomic E-state index is 13.2. The van der Waals surface area contributed by atoms with Crippen LogP contribution in [0.25, 0.3) is 10.8 Å². The van der Waals surface area contributed by atoms with Gasteiger partial charge in [0.05, 0.1) is 23.9 Å². The van der Waals surface area contributed by atoms with Crippen molar-refractivity contribution in [2.75, 3.05) is 13.1 Å². The van der Waals surface area contributed by atoms with Crippen LogP contribution in [0.3, 0.4) is 0 Å². The minimum atomic E-state index is -0.259. The van der Waals surface area contributed by atoms with Crippen molar-refractivity contribution in [3.63, 3.8) is 0 Å². The summed E-state index contributed by atoms with van der Waals surface area (Å²) in [6.45, 7) is 6.78. The van der Waals surface area contributed by atoms with Crippen LogP contribution in [-0.4, -0.2) is 44.7 Å². The van der Waals surface area contributed by atoms with E-state index < -0.39 is 0 Å². The molecule has 1 fully saturated rings. The SMILES string of the molecule is CC1CCCC(N(CCCNC(=O)Cn2nc(Cc3cccnc3)c3ccccc3c2=O)Cc2ccco2)C1C. The summed E-state index contributed by atoms with van der Waals surface area (Å²) in [5.74, 6) is 2.08. The van der Waals surface area contributed by atoms with E-state index in [0.29, 0.717) is 36.2 Å². The number of pyridine rings is 1. The van der Waals surface area contributed by atoms with Gasteiger partial charge in [-0.05, 0) is 54.5 Å². The number of benzene rings is 1. The number of nitrogens with zero attached hydrogens (tertiary/aromatic N) is 4. The summed E-state index contributed by atoms with van der Waals surface area (Å²) in [5.41, 5.74) is 1.49. The first kappa shape index (κ1) is 27.8. The molecule has 1 amide bonds. The molecule has 1 saturated carbocycles. The van der Waals surface area contributed by atoms with E-state index in [-0.39, 0.29) is 18.0 Å². The lowest BCUT2D eigenvalue weighted by atomic mass is 9.77. The number of furan rings is 1. The molecule has 1 aliphatic carbocycles. The average molecular weight is 542 g/mol. The summed E-state index contributed by atoms with van der Waals surface area (Å²) >= 11 is 0. The van der Waals surface area contributed by atoms with Gasteiger partial charge in [0.15, 0.2) is 0 Å². The zero-order valence-corrected chi connectivity index (χ0v) is 23.5. The van der Waals surface area contributed by atoms with E-state index in [4.69, 9.17) is 4.42 Å². The Morgan fingerprint density at radius 2 is 1.95 bits per heavy atom. The van der Waals surface area contributed by atoms with E-state index in [2.05, 4.69) is 34.1 Å². The van der Waals surface area contributed by atoms with E-state index in [0.717, 1.165) is 41.9 Å². The van der Waals surface area contributed by atoms with Gasteiger partial charge >= 0.3 is 0 Å². The molecule has 3 aromatic heterocycles. The maximum Gasteiger partial charge on any atom is 0.275 e. The highest BCUT2D eigenvalue weighted by molar-refractivity contribution is 5.84. The second-order valence-electron chi connectivity index (χ2n) is 11.1. The van der Waals surface area contributed by atoms with E-state index in [9.17, 15) is 9.59 Å². The fourth-order valence-electron chi connectivity index (χ4n) is 5.97. The molecule has 1 N–H and O–H groups in total. The molecule has 3 unspecified atom stereocenters. The Morgan fingerprint density at radius 1 is 1.10 bits per heavy atom. The molecule has 5 rings (SSSR count). The first-order valence-electron chi connectivity index (χ1n) is 14.4. The lowest BCUT2D eigenvalue weighted by Crippen LogP contribution is -2.44. The number of carbonyl (C=O) groups is 1. The molecule has 1 aliphatic rings. The fourth-order valence-corrected chi connectivity index (χ4v) is 5.97. The highest BCUT2D eigenvalue weighted by atomic mass is 16.3. The molecule has 3 atom stereocenters. The molecular weight excluding hydrogens is 502 g/mol. The summed E-state index contributed by atoms with van der Waals surface area (Å²) in [5, 5.41) is 8.99. The van der Waals surface area contributed by atoms with Crippen LogP contribution in [0.1, 0.15) is 56.5 Å². The molecule has 4 aromatic rings. The van der Waals surface area contributed by atoms with Crippen molar-refractivity contribution >= 4 is 16.7 Å². The highest BCUT2D eigenvalue weighted by Gasteiger charge is 2.31. The number of nitrogens with one attached hydrogen (secondary N) is 1. The molecule has 0 spiro atoms. The number of hydrogen-bond donors (Lipinski definition) is 1. The average Bonchev–Trinajstić information content (AvgIpc) is 3.48. The molecule has 0 radical (unpaired) electrons. The van der Waals surface area contributed by atoms with Gasteiger partial charge < -0.3 is 9.73 Å². The third-order valence-electron chi connectivity index (χ3n) is 8.35. The van der Waals surface area contributed by atoms with Crippen molar-refractivity contribution < 1.29 is 9.21 Å². The van der Waals surface area contributed by atoms with E-state index in [1.54, 1.807) is 24.7 Å². The minimum absolute atomic E-state index is 0.114. The summed E-state index contributed by atoms with van der Waals surface area (Å²) in [6.07, 6.45) is 10.3. The first-order chi connectivity index (χ1) is 19.5. The minimum Gasteiger partial charge on any atom is -0.468 e. The Labute approximate surface area is 235 Å². The zero-order valence-electron chi connectivity index (χ0n) is 23.5. The van der Waals surface area contributed by atoms with Gasteiger partial charge in [-0.2, -0.15) is 5.10 Å². The summed E-state index contributed by atoms with van der Waals surface area (Å²) in [7, 11) is 0. The number of carbonyl (C=O) groups excluding carboxylic acids is 1. The van der Waals surface area contributed by atoms with Gasteiger partial charge in [0.25, 0.3) is 5.56 Å². The van der Waals surface area contributed by atoms with Crippen molar-refractivity contribution in [1.82, 2.24) is 25.0 Å². The van der Waals surface area contributed by atoms with Crippen LogP contribution in [0.5, 0.6) is 0 Å². The number of amides is 1. The van der Waals surface area contributed by atoms with Crippen LogP contribution in [-0.2, 0) is 24.3 Å². The standard InChI is InChI=1S/C32H39N5O3/c1-23-9-5-14-30(24(23)2)36(21-26-11-7-18-40-26)17-8-16-34-31(38)22-37-32(39)28-13-4-3-12-27(28)29(35-37)19-25-10-6-15-33-20-25/h3-4,6-7,10-13,15,18,20,23-24,30H,5,8-9,14,16-17,19,21-22H2,1-2H3,(H,34,38). The van der Waals surface area contributed by atoms with Gasteiger partial charge in [-0.3, -0.25) is 19.5 Å². The monoisotopic (exact) mass is 541 g/mol. The molecule has 1 aromatic carbocycles. The predicted molar refractivity (Wildman–Crippen MR) is 156 cm³/mol. The van der Waals surface area contributed by atoms with Crippen LogP contribution in [0, 0.1) is 11.8 Å². The molecule has 40 heavy (non-hydrogen) atoms.